The van der Waals surface area contributed by atoms with Gasteiger partial charge in [0.2, 0.25) is 0 Å². The summed E-state index contributed by atoms with van der Waals surface area (Å²) in [6.07, 6.45) is 3.92. The summed E-state index contributed by atoms with van der Waals surface area (Å²) in [7, 11) is 1.67. The molecule has 0 amide bonds. The number of hydrogen-bond acceptors (Lipinski definition) is 3. The van der Waals surface area contributed by atoms with Crippen molar-refractivity contribution in [3.05, 3.63) is 29.3 Å². The molecule has 1 aliphatic rings. The largest absolute Gasteiger partial charge is 0.496 e. The molecule has 3 heteroatoms. The SMILES string of the molecule is COc1ccc(C#CCN)cc1COCCC1CC1. The van der Waals surface area contributed by atoms with Gasteiger partial charge in [0, 0.05) is 17.7 Å². The van der Waals surface area contributed by atoms with E-state index in [9.17, 15) is 0 Å². The van der Waals surface area contributed by atoms with Crippen LogP contribution in [0.15, 0.2) is 18.2 Å². The van der Waals surface area contributed by atoms with Crippen molar-refractivity contribution in [1.29, 1.82) is 0 Å². The van der Waals surface area contributed by atoms with E-state index < -0.39 is 0 Å². The topological polar surface area (TPSA) is 44.5 Å². The predicted molar refractivity (Wildman–Crippen MR) is 75.9 cm³/mol. The molecule has 0 radical (unpaired) electrons. The van der Waals surface area contributed by atoms with Crippen molar-refractivity contribution < 1.29 is 9.47 Å². The Labute approximate surface area is 115 Å². The van der Waals surface area contributed by atoms with Gasteiger partial charge >= 0.3 is 0 Å². The number of methoxy groups -OCH3 is 1. The minimum atomic E-state index is 0.374. The lowest BCUT2D eigenvalue weighted by atomic mass is 10.1. The van der Waals surface area contributed by atoms with Crippen molar-refractivity contribution in [3.8, 4) is 17.6 Å². The number of rotatable bonds is 6. The lowest BCUT2D eigenvalue weighted by Crippen LogP contribution is -1.99. The average Bonchev–Trinajstić information content (AvgIpc) is 3.25. The molecule has 0 bridgehead atoms. The van der Waals surface area contributed by atoms with Crippen LogP contribution in [0.2, 0.25) is 0 Å². The van der Waals surface area contributed by atoms with Gasteiger partial charge in [-0.2, -0.15) is 0 Å². The maximum absolute atomic E-state index is 5.72. The number of hydrogen-bond donors (Lipinski definition) is 1. The van der Waals surface area contributed by atoms with E-state index in [-0.39, 0.29) is 0 Å². The Bertz CT molecular complexity index is 469. The Morgan fingerprint density at radius 1 is 1.37 bits per heavy atom. The summed E-state index contributed by atoms with van der Waals surface area (Å²) in [5.41, 5.74) is 7.37. The summed E-state index contributed by atoms with van der Waals surface area (Å²) < 4.78 is 11.1. The lowest BCUT2D eigenvalue weighted by Gasteiger charge is -2.09. The first-order chi connectivity index (χ1) is 9.33. The van der Waals surface area contributed by atoms with Crippen LogP contribution in [-0.4, -0.2) is 20.3 Å². The van der Waals surface area contributed by atoms with Crippen LogP contribution in [0.4, 0.5) is 0 Å². The third-order valence-corrected chi connectivity index (χ3v) is 3.24. The fourth-order valence-electron chi connectivity index (χ4n) is 1.96. The Morgan fingerprint density at radius 3 is 2.89 bits per heavy atom. The molecule has 1 aromatic rings. The van der Waals surface area contributed by atoms with Gasteiger partial charge in [-0.1, -0.05) is 24.7 Å². The van der Waals surface area contributed by atoms with Gasteiger partial charge in [0.05, 0.1) is 20.3 Å². The van der Waals surface area contributed by atoms with Crippen LogP contribution in [0, 0.1) is 17.8 Å². The molecule has 1 saturated carbocycles. The van der Waals surface area contributed by atoms with E-state index in [0.717, 1.165) is 29.4 Å². The molecule has 102 valence electrons. The lowest BCUT2D eigenvalue weighted by molar-refractivity contribution is 0.113. The number of benzene rings is 1. The van der Waals surface area contributed by atoms with Crippen LogP contribution >= 0.6 is 0 Å². The molecular weight excluding hydrogens is 238 g/mol. The van der Waals surface area contributed by atoms with Gasteiger partial charge in [-0.15, -0.1) is 0 Å². The van der Waals surface area contributed by atoms with Gasteiger partial charge in [-0.3, -0.25) is 0 Å². The molecule has 2 N–H and O–H groups in total. The van der Waals surface area contributed by atoms with E-state index in [1.807, 2.05) is 18.2 Å². The normalized spacial score (nSPS) is 13.8. The number of nitrogens with two attached hydrogens (primary N) is 1. The molecule has 0 aliphatic heterocycles. The summed E-state index contributed by atoms with van der Waals surface area (Å²) in [5, 5.41) is 0. The van der Waals surface area contributed by atoms with Gasteiger partial charge in [-0.25, -0.2) is 0 Å². The zero-order chi connectivity index (χ0) is 13.5. The molecule has 0 heterocycles. The van der Waals surface area contributed by atoms with E-state index in [4.69, 9.17) is 15.2 Å². The molecule has 2 rings (SSSR count). The highest BCUT2D eigenvalue weighted by atomic mass is 16.5. The summed E-state index contributed by atoms with van der Waals surface area (Å²) in [5.74, 6) is 7.64. The fraction of sp³-hybridized carbons (Fsp3) is 0.500. The first-order valence-electron chi connectivity index (χ1n) is 6.77. The Morgan fingerprint density at radius 2 is 2.21 bits per heavy atom. The van der Waals surface area contributed by atoms with Crippen molar-refractivity contribution in [2.24, 2.45) is 11.7 Å². The third kappa shape index (κ3) is 4.59. The maximum atomic E-state index is 5.72. The first kappa shape index (κ1) is 13.9. The fourth-order valence-corrected chi connectivity index (χ4v) is 1.96. The van der Waals surface area contributed by atoms with Crippen LogP contribution in [0.3, 0.4) is 0 Å². The van der Waals surface area contributed by atoms with Crippen molar-refractivity contribution in [2.75, 3.05) is 20.3 Å². The van der Waals surface area contributed by atoms with Crippen molar-refractivity contribution in [2.45, 2.75) is 25.9 Å². The van der Waals surface area contributed by atoms with Gasteiger partial charge in [-0.05, 0) is 30.5 Å². The van der Waals surface area contributed by atoms with E-state index in [1.165, 1.54) is 19.3 Å². The first-order valence-corrected chi connectivity index (χ1v) is 6.77. The highest BCUT2D eigenvalue weighted by Gasteiger charge is 2.20. The molecule has 1 fully saturated rings. The summed E-state index contributed by atoms with van der Waals surface area (Å²) in [4.78, 5) is 0. The molecule has 0 atom stereocenters. The molecule has 0 unspecified atom stereocenters. The molecular formula is C16H21NO2. The molecule has 19 heavy (non-hydrogen) atoms. The highest BCUT2D eigenvalue weighted by Crippen LogP contribution is 2.32. The predicted octanol–water partition coefficient (Wildman–Crippen LogP) is 2.32. The number of ether oxygens (including phenoxy) is 2. The van der Waals surface area contributed by atoms with Crippen molar-refractivity contribution in [1.82, 2.24) is 0 Å². The average molecular weight is 259 g/mol. The van der Waals surface area contributed by atoms with Crippen LogP contribution < -0.4 is 10.5 Å². The molecule has 1 aliphatic carbocycles. The monoisotopic (exact) mass is 259 g/mol. The third-order valence-electron chi connectivity index (χ3n) is 3.24. The van der Waals surface area contributed by atoms with Crippen molar-refractivity contribution >= 4 is 0 Å². The van der Waals surface area contributed by atoms with E-state index >= 15 is 0 Å². The zero-order valence-electron chi connectivity index (χ0n) is 11.4. The van der Waals surface area contributed by atoms with Crippen LogP contribution in [0.25, 0.3) is 0 Å². The molecule has 0 saturated heterocycles. The van der Waals surface area contributed by atoms with E-state index in [2.05, 4.69) is 11.8 Å². The molecule has 0 spiro atoms. The Balaban J connectivity index is 1.94. The van der Waals surface area contributed by atoms with Gasteiger partial charge in [0.1, 0.15) is 5.75 Å². The van der Waals surface area contributed by atoms with Gasteiger partial charge < -0.3 is 15.2 Å². The van der Waals surface area contributed by atoms with Crippen LogP contribution in [-0.2, 0) is 11.3 Å². The molecule has 0 aromatic heterocycles. The highest BCUT2D eigenvalue weighted by molar-refractivity contribution is 5.44. The van der Waals surface area contributed by atoms with Gasteiger partial charge in [0.15, 0.2) is 0 Å². The molecule has 1 aromatic carbocycles. The van der Waals surface area contributed by atoms with Crippen LogP contribution in [0.5, 0.6) is 5.75 Å². The second kappa shape index (κ2) is 7.18. The van der Waals surface area contributed by atoms with E-state index in [1.54, 1.807) is 7.11 Å². The summed E-state index contributed by atoms with van der Waals surface area (Å²) >= 11 is 0. The second-order valence-corrected chi connectivity index (χ2v) is 4.82. The smallest absolute Gasteiger partial charge is 0.124 e. The minimum absolute atomic E-state index is 0.374. The summed E-state index contributed by atoms with van der Waals surface area (Å²) in [6.45, 7) is 1.78. The van der Waals surface area contributed by atoms with Crippen molar-refractivity contribution in [3.63, 3.8) is 0 Å². The zero-order valence-corrected chi connectivity index (χ0v) is 11.4. The van der Waals surface area contributed by atoms with E-state index in [0.29, 0.717) is 13.2 Å². The van der Waals surface area contributed by atoms with Gasteiger partial charge in [0.25, 0.3) is 0 Å². The molecule has 3 nitrogen and oxygen atoms in total. The maximum Gasteiger partial charge on any atom is 0.124 e. The standard InChI is InChI=1S/C16H21NO2/c1-18-16-7-6-14(3-2-9-17)11-15(16)12-19-10-8-13-4-5-13/h6-7,11,13H,4-5,8-10,12,17H2,1H3. The Hall–Kier alpha value is -1.50. The Kier molecular flexibility index (Phi) is 5.26. The quantitative estimate of drug-likeness (QED) is 0.630. The summed E-state index contributed by atoms with van der Waals surface area (Å²) in [6, 6.07) is 5.88. The second-order valence-electron chi connectivity index (χ2n) is 4.82. The van der Waals surface area contributed by atoms with Crippen LogP contribution in [0.1, 0.15) is 30.4 Å². The minimum Gasteiger partial charge on any atom is -0.496 e.